The van der Waals surface area contributed by atoms with Crippen LogP contribution in [0.5, 0.6) is 0 Å². The molecule has 0 atom stereocenters. The second-order valence-electron chi connectivity index (χ2n) is 7.11. The van der Waals surface area contributed by atoms with Gasteiger partial charge in [-0.05, 0) is 30.8 Å². The van der Waals surface area contributed by atoms with Crippen molar-refractivity contribution in [3.63, 3.8) is 0 Å². The molecule has 1 aromatic heterocycles. The van der Waals surface area contributed by atoms with E-state index in [1.54, 1.807) is 18.2 Å². The van der Waals surface area contributed by atoms with E-state index in [2.05, 4.69) is 33.2 Å². The van der Waals surface area contributed by atoms with Gasteiger partial charge < -0.3 is 15.1 Å². The molecule has 0 bridgehead atoms. The highest BCUT2D eigenvalue weighted by Crippen LogP contribution is 2.27. The first kappa shape index (κ1) is 19.5. The van der Waals surface area contributed by atoms with E-state index >= 15 is 0 Å². The number of likely N-dealkylation sites (N-methyl/N-ethyl adjacent to an activating group) is 1. The van der Waals surface area contributed by atoms with Gasteiger partial charge in [0.25, 0.3) is 5.91 Å². The number of halogens is 1. The van der Waals surface area contributed by atoms with Crippen LogP contribution in [0, 0.1) is 5.82 Å². The first-order valence-corrected chi connectivity index (χ1v) is 10.4. The minimum absolute atomic E-state index is 0.196. The van der Waals surface area contributed by atoms with Gasteiger partial charge in [-0.15, -0.1) is 11.3 Å². The van der Waals surface area contributed by atoms with Crippen LogP contribution < -0.4 is 10.2 Å². The van der Waals surface area contributed by atoms with Crippen molar-refractivity contribution in [2.45, 2.75) is 6.54 Å². The van der Waals surface area contributed by atoms with E-state index in [0.717, 1.165) is 37.4 Å². The Balaban J connectivity index is 1.44. The van der Waals surface area contributed by atoms with Gasteiger partial charge in [0.2, 0.25) is 0 Å². The Morgan fingerprint density at radius 1 is 1.10 bits per heavy atom. The van der Waals surface area contributed by atoms with Crippen molar-refractivity contribution < 1.29 is 9.18 Å². The summed E-state index contributed by atoms with van der Waals surface area (Å²) < 4.78 is 14.0. The van der Waals surface area contributed by atoms with E-state index in [4.69, 9.17) is 0 Å². The molecule has 1 fully saturated rings. The molecular weight excluding hydrogens is 387 g/mol. The molecule has 1 aliphatic heterocycles. The van der Waals surface area contributed by atoms with E-state index in [1.807, 2.05) is 18.2 Å². The normalized spacial score (nSPS) is 14.8. The summed E-state index contributed by atoms with van der Waals surface area (Å²) in [6.07, 6.45) is 1.51. The lowest BCUT2D eigenvalue weighted by Gasteiger charge is -2.35. The number of para-hydroxylation sites is 1. The van der Waals surface area contributed by atoms with E-state index in [0.29, 0.717) is 22.0 Å². The van der Waals surface area contributed by atoms with Gasteiger partial charge in [-0.1, -0.05) is 30.3 Å². The number of thiazole rings is 1. The van der Waals surface area contributed by atoms with Crippen LogP contribution in [-0.4, -0.2) is 49.0 Å². The average Bonchev–Trinajstić information content (AvgIpc) is 3.23. The predicted molar refractivity (Wildman–Crippen MR) is 115 cm³/mol. The molecule has 7 heteroatoms. The van der Waals surface area contributed by atoms with Gasteiger partial charge in [0.15, 0.2) is 0 Å². The van der Waals surface area contributed by atoms with E-state index in [9.17, 15) is 9.18 Å². The highest BCUT2D eigenvalue weighted by Gasteiger charge is 2.18. The van der Waals surface area contributed by atoms with Gasteiger partial charge in [-0.2, -0.15) is 0 Å². The highest BCUT2D eigenvalue weighted by atomic mass is 32.1. The largest absolute Gasteiger partial charge is 0.369 e. The summed E-state index contributed by atoms with van der Waals surface area (Å²) in [4.78, 5) is 22.0. The lowest BCUT2D eigenvalue weighted by Crippen LogP contribution is -2.45. The molecule has 0 unspecified atom stereocenters. The number of benzene rings is 2. The minimum atomic E-state index is -0.338. The highest BCUT2D eigenvalue weighted by molar-refractivity contribution is 7.16. The van der Waals surface area contributed by atoms with Crippen molar-refractivity contribution in [2.75, 3.05) is 38.1 Å². The zero-order valence-corrected chi connectivity index (χ0v) is 17.1. The molecular formula is C22H23FN4OS. The minimum Gasteiger partial charge on any atom is -0.369 e. The number of carbonyl (C=O) groups is 1. The topological polar surface area (TPSA) is 48.5 Å². The molecule has 150 valence electrons. The SMILES string of the molecule is CN1CCN(c2ccccc2CNC(=O)c2cnc(-c3ccccc3F)s2)CC1. The van der Waals surface area contributed by atoms with Gasteiger partial charge in [0, 0.05) is 44.0 Å². The number of carbonyl (C=O) groups excluding carboxylic acids is 1. The third-order valence-corrected chi connectivity index (χ3v) is 6.14. The van der Waals surface area contributed by atoms with Gasteiger partial charge in [-0.3, -0.25) is 4.79 Å². The van der Waals surface area contributed by atoms with Crippen molar-refractivity contribution >= 4 is 22.9 Å². The summed E-state index contributed by atoms with van der Waals surface area (Å²) in [6, 6.07) is 14.6. The molecule has 3 aromatic rings. The Labute approximate surface area is 173 Å². The number of nitrogens with zero attached hydrogens (tertiary/aromatic N) is 3. The van der Waals surface area contributed by atoms with Crippen LogP contribution in [0.25, 0.3) is 10.6 Å². The second-order valence-corrected chi connectivity index (χ2v) is 8.14. The number of nitrogens with one attached hydrogen (secondary N) is 1. The van der Waals surface area contributed by atoms with Gasteiger partial charge >= 0.3 is 0 Å². The summed E-state index contributed by atoms with van der Waals surface area (Å²) in [6.45, 7) is 4.44. The molecule has 1 saturated heterocycles. The lowest BCUT2D eigenvalue weighted by atomic mass is 10.1. The average molecular weight is 411 g/mol. The fourth-order valence-corrected chi connectivity index (χ4v) is 4.28. The molecule has 29 heavy (non-hydrogen) atoms. The second kappa shape index (κ2) is 8.71. The van der Waals surface area contributed by atoms with Crippen LogP contribution in [0.2, 0.25) is 0 Å². The molecule has 2 aromatic carbocycles. The maximum absolute atomic E-state index is 14.0. The molecule has 0 aliphatic carbocycles. The van der Waals surface area contributed by atoms with Crippen LogP contribution in [0.1, 0.15) is 15.2 Å². The number of hydrogen-bond donors (Lipinski definition) is 1. The van der Waals surface area contributed by atoms with Crippen molar-refractivity contribution in [1.29, 1.82) is 0 Å². The number of piperazine rings is 1. The van der Waals surface area contributed by atoms with Gasteiger partial charge in [-0.25, -0.2) is 9.37 Å². The fraction of sp³-hybridized carbons (Fsp3) is 0.273. The number of aromatic nitrogens is 1. The summed E-state index contributed by atoms with van der Waals surface area (Å²) in [5.74, 6) is -0.534. The summed E-state index contributed by atoms with van der Waals surface area (Å²) in [5, 5.41) is 3.49. The molecule has 1 N–H and O–H groups in total. The Kier molecular flexibility index (Phi) is 5.87. The Hall–Kier alpha value is -2.77. The molecule has 4 rings (SSSR count). The van der Waals surface area contributed by atoms with Crippen LogP contribution in [-0.2, 0) is 6.54 Å². The molecule has 1 amide bonds. The number of hydrogen-bond acceptors (Lipinski definition) is 5. The van der Waals surface area contributed by atoms with E-state index in [1.165, 1.54) is 23.6 Å². The lowest BCUT2D eigenvalue weighted by molar-refractivity contribution is 0.0955. The first-order valence-electron chi connectivity index (χ1n) is 9.62. The maximum Gasteiger partial charge on any atom is 0.263 e. The third-order valence-electron chi connectivity index (χ3n) is 5.11. The van der Waals surface area contributed by atoms with Crippen LogP contribution in [0.3, 0.4) is 0 Å². The van der Waals surface area contributed by atoms with Gasteiger partial charge in [0.05, 0.1) is 6.20 Å². The predicted octanol–water partition coefficient (Wildman–Crippen LogP) is 3.63. The molecule has 1 aliphatic rings. The van der Waals surface area contributed by atoms with Crippen LogP contribution in [0.15, 0.2) is 54.7 Å². The molecule has 0 radical (unpaired) electrons. The zero-order chi connectivity index (χ0) is 20.2. The number of rotatable bonds is 5. The summed E-state index contributed by atoms with van der Waals surface area (Å²) in [7, 11) is 2.13. The Morgan fingerprint density at radius 3 is 2.62 bits per heavy atom. The standard InChI is InChI=1S/C22H23FN4OS/c1-26-10-12-27(13-11-26)19-9-5-2-6-16(19)14-24-21(28)20-15-25-22(29-20)17-7-3-4-8-18(17)23/h2-9,15H,10-14H2,1H3,(H,24,28). The van der Waals surface area contributed by atoms with Crippen molar-refractivity contribution in [3.8, 4) is 10.6 Å². The smallest absolute Gasteiger partial charge is 0.263 e. The maximum atomic E-state index is 14.0. The third kappa shape index (κ3) is 4.46. The van der Waals surface area contributed by atoms with Crippen molar-refractivity contribution in [2.24, 2.45) is 0 Å². The monoisotopic (exact) mass is 410 g/mol. The molecule has 0 saturated carbocycles. The Bertz CT molecular complexity index is 998. The van der Waals surface area contributed by atoms with Crippen molar-refractivity contribution in [1.82, 2.24) is 15.2 Å². The van der Waals surface area contributed by atoms with Crippen molar-refractivity contribution in [3.05, 3.63) is 71.0 Å². The van der Waals surface area contributed by atoms with Crippen LogP contribution in [0.4, 0.5) is 10.1 Å². The first-order chi connectivity index (χ1) is 14.1. The zero-order valence-electron chi connectivity index (χ0n) is 16.3. The van der Waals surface area contributed by atoms with E-state index in [-0.39, 0.29) is 11.7 Å². The summed E-state index contributed by atoms with van der Waals surface area (Å²) >= 11 is 1.20. The number of anilines is 1. The summed E-state index contributed by atoms with van der Waals surface area (Å²) in [5.41, 5.74) is 2.67. The number of amides is 1. The van der Waals surface area contributed by atoms with Crippen LogP contribution >= 0.6 is 11.3 Å². The Morgan fingerprint density at radius 2 is 1.83 bits per heavy atom. The molecule has 0 spiro atoms. The van der Waals surface area contributed by atoms with E-state index < -0.39 is 0 Å². The molecule has 2 heterocycles. The molecule has 5 nitrogen and oxygen atoms in total. The fourth-order valence-electron chi connectivity index (χ4n) is 3.42. The van der Waals surface area contributed by atoms with Gasteiger partial charge in [0.1, 0.15) is 15.7 Å². The quantitative estimate of drug-likeness (QED) is 0.698.